The molecule has 0 heterocycles. The van der Waals surface area contributed by atoms with Crippen molar-refractivity contribution in [1.29, 1.82) is 0 Å². The van der Waals surface area contributed by atoms with Gasteiger partial charge < -0.3 is 19.5 Å². The maximum Gasteiger partial charge on any atom is 0.309 e. The second-order valence-corrected chi connectivity index (χ2v) is 5.21. The molecule has 0 saturated heterocycles. The topological polar surface area (TPSA) is 73.9 Å². The maximum absolute atomic E-state index is 11.8. The number of hydrogen-bond acceptors (Lipinski definition) is 5. The van der Waals surface area contributed by atoms with E-state index in [1.807, 2.05) is 0 Å². The van der Waals surface area contributed by atoms with E-state index in [2.05, 4.69) is 5.32 Å². The van der Waals surface area contributed by atoms with Crippen molar-refractivity contribution in [1.82, 2.24) is 0 Å². The predicted octanol–water partition coefficient (Wildman–Crippen LogP) is 2.38. The Morgan fingerprint density at radius 2 is 1.82 bits per heavy atom. The number of ether oxygens (including phenoxy) is 3. The minimum absolute atomic E-state index is 0.0473. The number of esters is 1. The molecule has 1 N–H and O–H groups in total. The molecule has 1 aliphatic carbocycles. The second kappa shape index (κ2) is 7.68. The van der Waals surface area contributed by atoms with Crippen molar-refractivity contribution in [2.24, 2.45) is 5.92 Å². The molecule has 0 radical (unpaired) electrons. The van der Waals surface area contributed by atoms with Crippen LogP contribution < -0.4 is 14.8 Å². The van der Waals surface area contributed by atoms with Crippen LogP contribution in [-0.4, -0.2) is 32.7 Å². The second-order valence-electron chi connectivity index (χ2n) is 5.21. The average molecular weight is 307 g/mol. The smallest absolute Gasteiger partial charge is 0.309 e. The minimum Gasteiger partial charge on any atom is -0.493 e. The Labute approximate surface area is 129 Å². The van der Waals surface area contributed by atoms with Gasteiger partial charge >= 0.3 is 5.97 Å². The summed E-state index contributed by atoms with van der Waals surface area (Å²) in [5.74, 6) is 0.392. The van der Waals surface area contributed by atoms with E-state index in [4.69, 9.17) is 14.2 Å². The van der Waals surface area contributed by atoms with Crippen LogP contribution in [0.3, 0.4) is 0 Å². The van der Waals surface area contributed by atoms with Crippen LogP contribution in [0.4, 0.5) is 5.69 Å². The lowest BCUT2D eigenvalue weighted by atomic mass is 10.1. The Morgan fingerprint density at radius 1 is 1.14 bits per heavy atom. The summed E-state index contributed by atoms with van der Waals surface area (Å²) < 4.78 is 15.3. The Morgan fingerprint density at radius 3 is 2.45 bits per heavy atom. The van der Waals surface area contributed by atoms with Gasteiger partial charge in [-0.05, 0) is 25.0 Å². The molecule has 1 aromatic carbocycles. The van der Waals surface area contributed by atoms with E-state index in [0.717, 1.165) is 25.7 Å². The summed E-state index contributed by atoms with van der Waals surface area (Å²) in [6.07, 6.45) is 3.82. The Hall–Kier alpha value is -2.24. The summed E-state index contributed by atoms with van der Waals surface area (Å²) in [4.78, 5) is 23.6. The maximum atomic E-state index is 11.8. The fourth-order valence-corrected chi connectivity index (χ4v) is 2.53. The van der Waals surface area contributed by atoms with Crippen LogP contribution in [0.2, 0.25) is 0 Å². The average Bonchev–Trinajstić information content (AvgIpc) is 3.07. The Bertz CT molecular complexity index is 537. The van der Waals surface area contributed by atoms with Crippen LogP contribution in [0.1, 0.15) is 25.7 Å². The van der Waals surface area contributed by atoms with Crippen LogP contribution in [-0.2, 0) is 14.3 Å². The first-order valence-corrected chi connectivity index (χ1v) is 7.32. The largest absolute Gasteiger partial charge is 0.493 e. The first-order valence-electron chi connectivity index (χ1n) is 7.32. The van der Waals surface area contributed by atoms with E-state index in [9.17, 15) is 9.59 Å². The van der Waals surface area contributed by atoms with E-state index in [-0.39, 0.29) is 24.4 Å². The first kappa shape index (κ1) is 16.1. The number of amides is 1. The third kappa shape index (κ3) is 4.13. The quantitative estimate of drug-likeness (QED) is 0.817. The van der Waals surface area contributed by atoms with Crippen LogP contribution >= 0.6 is 0 Å². The standard InChI is InChI=1S/C16H21NO5/c1-20-13-8-7-12(9-14(13)21-2)17-15(18)10-22-16(19)11-5-3-4-6-11/h7-9,11H,3-6,10H2,1-2H3,(H,17,18). The van der Waals surface area contributed by atoms with E-state index < -0.39 is 0 Å². The minimum atomic E-state index is -0.376. The lowest BCUT2D eigenvalue weighted by Gasteiger charge is -2.12. The summed E-state index contributed by atoms with van der Waals surface area (Å²) >= 11 is 0. The van der Waals surface area contributed by atoms with E-state index in [0.29, 0.717) is 17.2 Å². The lowest BCUT2D eigenvalue weighted by molar-refractivity contribution is -0.151. The van der Waals surface area contributed by atoms with E-state index >= 15 is 0 Å². The fraction of sp³-hybridized carbons (Fsp3) is 0.500. The van der Waals surface area contributed by atoms with Gasteiger partial charge in [0.05, 0.1) is 20.1 Å². The van der Waals surface area contributed by atoms with Crippen LogP contribution in [0.25, 0.3) is 0 Å². The molecule has 1 fully saturated rings. The lowest BCUT2D eigenvalue weighted by Crippen LogP contribution is -2.23. The molecule has 1 aromatic rings. The van der Waals surface area contributed by atoms with Crippen molar-refractivity contribution < 1.29 is 23.8 Å². The summed E-state index contributed by atoms with van der Waals surface area (Å²) in [5.41, 5.74) is 0.555. The van der Waals surface area contributed by atoms with Gasteiger partial charge in [0.15, 0.2) is 18.1 Å². The monoisotopic (exact) mass is 307 g/mol. The molecule has 1 saturated carbocycles. The molecule has 0 atom stereocenters. The number of methoxy groups -OCH3 is 2. The first-order chi connectivity index (χ1) is 10.6. The molecule has 0 aromatic heterocycles. The van der Waals surface area contributed by atoms with E-state index in [1.165, 1.54) is 7.11 Å². The molecule has 0 aliphatic heterocycles. The zero-order valence-corrected chi connectivity index (χ0v) is 12.9. The summed E-state index contributed by atoms with van der Waals surface area (Å²) in [5, 5.41) is 2.66. The highest BCUT2D eigenvalue weighted by atomic mass is 16.5. The van der Waals surface area contributed by atoms with Crippen molar-refractivity contribution in [2.75, 3.05) is 26.1 Å². The van der Waals surface area contributed by atoms with Gasteiger partial charge in [-0.25, -0.2) is 0 Å². The van der Waals surface area contributed by atoms with Gasteiger partial charge in [0.2, 0.25) is 0 Å². The highest BCUT2D eigenvalue weighted by molar-refractivity contribution is 5.93. The zero-order chi connectivity index (χ0) is 15.9. The van der Waals surface area contributed by atoms with Crippen molar-refractivity contribution in [3.8, 4) is 11.5 Å². The molecule has 0 bridgehead atoms. The highest BCUT2D eigenvalue weighted by Crippen LogP contribution is 2.29. The molecule has 0 unspecified atom stereocenters. The molecule has 22 heavy (non-hydrogen) atoms. The van der Waals surface area contributed by atoms with Gasteiger partial charge in [0.25, 0.3) is 5.91 Å². The molecule has 1 amide bonds. The molecule has 6 nitrogen and oxygen atoms in total. The number of carbonyl (C=O) groups is 2. The Kier molecular flexibility index (Phi) is 5.63. The molecule has 0 spiro atoms. The summed E-state index contributed by atoms with van der Waals surface area (Å²) in [6.45, 7) is -0.274. The Balaban J connectivity index is 1.85. The number of carbonyl (C=O) groups excluding carboxylic acids is 2. The molecule has 6 heteroatoms. The van der Waals surface area contributed by atoms with Gasteiger partial charge in [-0.15, -0.1) is 0 Å². The van der Waals surface area contributed by atoms with Crippen LogP contribution in [0.15, 0.2) is 18.2 Å². The third-order valence-electron chi connectivity index (χ3n) is 3.70. The number of anilines is 1. The van der Waals surface area contributed by atoms with Crippen LogP contribution in [0, 0.1) is 5.92 Å². The molecular formula is C16H21NO5. The number of hydrogen-bond donors (Lipinski definition) is 1. The molecule has 120 valence electrons. The summed E-state index contributed by atoms with van der Waals surface area (Å²) in [7, 11) is 3.06. The molecular weight excluding hydrogens is 286 g/mol. The van der Waals surface area contributed by atoms with Crippen molar-refractivity contribution in [3.05, 3.63) is 18.2 Å². The van der Waals surface area contributed by atoms with E-state index in [1.54, 1.807) is 25.3 Å². The third-order valence-corrected chi connectivity index (χ3v) is 3.70. The summed E-state index contributed by atoms with van der Waals surface area (Å²) in [6, 6.07) is 5.03. The van der Waals surface area contributed by atoms with Crippen molar-refractivity contribution in [2.45, 2.75) is 25.7 Å². The molecule has 1 aliphatic rings. The molecule has 2 rings (SSSR count). The number of nitrogens with one attached hydrogen (secondary N) is 1. The van der Waals surface area contributed by atoms with Crippen molar-refractivity contribution >= 4 is 17.6 Å². The van der Waals surface area contributed by atoms with Gasteiger partial charge in [0, 0.05) is 11.8 Å². The SMILES string of the molecule is COc1ccc(NC(=O)COC(=O)C2CCCC2)cc1OC. The zero-order valence-electron chi connectivity index (χ0n) is 12.9. The van der Waals surface area contributed by atoms with Crippen LogP contribution in [0.5, 0.6) is 11.5 Å². The number of benzene rings is 1. The van der Waals surface area contributed by atoms with Gasteiger partial charge in [-0.3, -0.25) is 9.59 Å². The fourth-order valence-electron chi connectivity index (χ4n) is 2.53. The van der Waals surface area contributed by atoms with Gasteiger partial charge in [-0.2, -0.15) is 0 Å². The normalized spacial score (nSPS) is 14.5. The highest BCUT2D eigenvalue weighted by Gasteiger charge is 2.24. The number of rotatable bonds is 6. The van der Waals surface area contributed by atoms with Gasteiger partial charge in [0.1, 0.15) is 0 Å². The predicted molar refractivity (Wildman–Crippen MR) is 81.1 cm³/mol. The van der Waals surface area contributed by atoms with Gasteiger partial charge in [-0.1, -0.05) is 12.8 Å². The van der Waals surface area contributed by atoms with Crippen molar-refractivity contribution in [3.63, 3.8) is 0 Å².